The Morgan fingerprint density at radius 1 is 1.50 bits per heavy atom. The molecule has 0 unspecified atom stereocenters. The summed E-state index contributed by atoms with van der Waals surface area (Å²) in [4.78, 5) is 19.4. The molecule has 0 bridgehead atoms. The molecule has 1 aromatic heterocycles. The van der Waals surface area contributed by atoms with E-state index in [1.165, 1.54) is 6.20 Å². The van der Waals surface area contributed by atoms with Crippen LogP contribution >= 0.6 is 23.2 Å². The van der Waals surface area contributed by atoms with Crippen LogP contribution in [0, 0.1) is 0 Å². The Morgan fingerprint density at radius 3 is 2.78 bits per heavy atom. The van der Waals surface area contributed by atoms with Crippen molar-refractivity contribution in [2.24, 2.45) is 0 Å². The summed E-state index contributed by atoms with van der Waals surface area (Å²) in [6.45, 7) is 3.85. The summed E-state index contributed by atoms with van der Waals surface area (Å²) in [6.07, 6.45) is 7.63. The van der Waals surface area contributed by atoms with E-state index in [4.69, 9.17) is 23.2 Å². The Labute approximate surface area is 116 Å². The summed E-state index contributed by atoms with van der Waals surface area (Å²) >= 11 is 11.4. The second-order valence-corrected chi connectivity index (χ2v) is 4.06. The molecule has 6 heteroatoms. The fourth-order valence-electron chi connectivity index (χ4n) is 1.25. The van der Waals surface area contributed by atoms with Gasteiger partial charge in [-0.05, 0) is 31.0 Å². The standard InChI is InChI=1S/C12H13Cl2N3O/c1-3-5-8(6-4-2)16-11(18)9-7-15-12(14)17-10(9)13/h3,5-7H,4H2,1-2H3,(H,16,18)/b5-3-,8-6+. The van der Waals surface area contributed by atoms with Gasteiger partial charge in [0.05, 0.1) is 5.56 Å². The van der Waals surface area contributed by atoms with E-state index < -0.39 is 0 Å². The maximum absolute atomic E-state index is 11.9. The molecule has 1 heterocycles. The van der Waals surface area contributed by atoms with Crippen molar-refractivity contribution >= 4 is 29.1 Å². The van der Waals surface area contributed by atoms with E-state index in [-0.39, 0.29) is 21.9 Å². The summed E-state index contributed by atoms with van der Waals surface area (Å²) in [5.74, 6) is -0.366. The summed E-state index contributed by atoms with van der Waals surface area (Å²) < 4.78 is 0. The van der Waals surface area contributed by atoms with Crippen LogP contribution in [0.2, 0.25) is 10.4 Å². The van der Waals surface area contributed by atoms with E-state index in [0.717, 1.165) is 6.42 Å². The minimum absolute atomic E-state index is 0.00864. The van der Waals surface area contributed by atoms with Gasteiger partial charge in [0.1, 0.15) is 5.15 Å². The van der Waals surface area contributed by atoms with Crippen LogP contribution in [-0.4, -0.2) is 15.9 Å². The van der Waals surface area contributed by atoms with Crippen LogP contribution in [0.4, 0.5) is 0 Å². The number of allylic oxidation sites excluding steroid dienone is 3. The van der Waals surface area contributed by atoms with Crippen LogP contribution in [-0.2, 0) is 0 Å². The van der Waals surface area contributed by atoms with Gasteiger partial charge >= 0.3 is 0 Å². The Bertz CT molecular complexity index is 498. The second kappa shape index (κ2) is 7.13. The Hall–Kier alpha value is -1.39. The molecule has 0 spiro atoms. The highest BCUT2D eigenvalue weighted by molar-refractivity contribution is 6.34. The molecule has 0 aromatic carbocycles. The highest BCUT2D eigenvalue weighted by Crippen LogP contribution is 2.14. The Morgan fingerprint density at radius 2 is 2.22 bits per heavy atom. The third kappa shape index (κ3) is 4.13. The molecule has 0 aliphatic heterocycles. The normalized spacial score (nSPS) is 11.9. The van der Waals surface area contributed by atoms with Crippen LogP contribution in [0.5, 0.6) is 0 Å². The molecule has 0 aliphatic rings. The minimum atomic E-state index is -0.366. The lowest BCUT2D eigenvalue weighted by molar-refractivity contribution is 0.0966. The molecule has 1 rings (SSSR count). The number of halogens is 2. The highest BCUT2D eigenvalue weighted by Gasteiger charge is 2.13. The lowest BCUT2D eigenvalue weighted by Crippen LogP contribution is -2.22. The predicted octanol–water partition coefficient (Wildman–Crippen LogP) is 3.38. The third-order valence-corrected chi connectivity index (χ3v) is 2.46. The molecule has 0 atom stereocenters. The fourth-order valence-corrected chi connectivity index (χ4v) is 1.64. The largest absolute Gasteiger partial charge is 0.322 e. The van der Waals surface area contributed by atoms with E-state index >= 15 is 0 Å². The summed E-state index contributed by atoms with van der Waals surface area (Å²) in [7, 11) is 0. The molecule has 4 nitrogen and oxygen atoms in total. The molecular formula is C12H13Cl2N3O. The second-order valence-electron chi connectivity index (χ2n) is 3.37. The van der Waals surface area contributed by atoms with Crippen molar-refractivity contribution in [1.82, 2.24) is 15.3 Å². The van der Waals surface area contributed by atoms with Gasteiger partial charge in [-0.15, -0.1) is 0 Å². The van der Waals surface area contributed by atoms with Gasteiger partial charge in [0.2, 0.25) is 5.28 Å². The van der Waals surface area contributed by atoms with Gasteiger partial charge in [-0.2, -0.15) is 0 Å². The Kier molecular flexibility index (Phi) is 5.82. The maximum Gasteiger partial charge on any atom is 0.260 e. The van der Waals surface area contributed by atoms with Crippen molar-refractivity contribution in [2.45, 2.75) is 20.3 Å². The average Bonchev–Trinajstić information content (AvgIpc) is 2.29. The van der Waals surface area contributed by atoms with Gasteiger partial charge < -0.3 is 5.32 Å². The van der Waals surface area contributed by atoms with Crippen LogP contribution in [0.25, 0.3) is 0 Å². The number of aromatic nitrogens is 2. The summed E-state index contributed by atoms with van der Waals surface area (Å²) in [5.41, 5.74) is 0.892. The van der Waals surface area contributed by atoms with Crippen molar-refractivity contribution in [3.63, 3.8) is 0 Å². The zero-order chi connectivity index (χ0) is 13.5. The number of nitrogens with zero attached hydrogens (tertiary/aromatic N) is 2. The van der Waals surface area contributed by atoms with Crippen molar-refractivity contribution in [3.8, 4) is 0 Å². The number of rotatable bonds is 4. The first-order valence-corrected chi connectivity index (χ1v) is 6.16. The average molecular weight is 286 g/mol. The molecular weight excluding hydrogens is 273 g/mol. The molecule has 96 valence electrons. The van der Waals surface area contributed by atoms with Crippen molar-refractivity contribution < 1.29 is 4.79 Å². The first-order chi connectivity index (χ1) is 8.58. The quantitative estimate of drug-likeness (QED) is 0.524. The van der Waals surface area contributed by atoms with Gasteiger partial charge in [-0.3, -0.25) is 4.79 Å². The highest BCUT2D eigenvalue weighted by atomic mass is 35.5. The molecule has 18 heavy (non-hydrogen) atoms. The number of amides is 1. The first kappa shape index (κ1) is 14.7. The van der Waals surface area contributed by atoms with Crippen molar-refractivity contribution in [1.29, 1.82) is 0 Å². The monoisotopic (exact) mass is 285 g/mol. The van der Waals surface area contributed by atoms with Crippen molar-refractivity contribution in [2.75, 3.05) is 0 Å². The van der Waals surface area contributed by atoms with Crippen LogP contribution in [0.1, 0.15) is 30.6 Å². The lowest BCUT2D eigenvalue weighted by Gasteiger charge is -2.06. The number of hydrogen-bond acceptors (Lipinski definition) is 3. The zero-order valence-corrected chi connectivity index (χ0v) is 11.6. The predicted molar refractivity (Wildman–Crippen MR) is 72.7 cm³/mol. The molecule has 1 aromatic rings. The molecule has 1 N–H and O–H groups in total. The third-order valence-electron chi connectivity index (χ3n) is 1.99. The molecule has 0 aliphatic carbocycles. The smallest absolute Gasteiger partial charge is 0.260 e. The number of hydrogen-bond donors (Lipinski definition) is 1. The van der Waals surface area contributed by atoms with E-state index in [0.29, 0.717) is 5.70 Å². The summed E-state index contributed by atoms with van der Waals surface area (Å²) in [6, 6.07) is 0. The van der Waals surface area contributed by atoms with Crippen molar-refractivity contribution in [3.05, 3.63) is 46.1 Å². The van der Waals surface area contributed by atoms with Crippen LogP contribution in [0.15, 0.2) is 30.1 Å². The zero-order valence-electron chi connectivity index (χ0n) is 10.1. The van der Waals surface area contributed by atoms with Crippen LogP contribution in [0.3, 0.4) is 0 Å². The van der Waals surface area contributed by atoms with E-state index in [2.05, 4.69) is 15.3 Å². The molecule has 0 radical (unpaired) electrons. The topological polar surface area (TPSA) is 54.9 Å². The molecule has 0 saturated heterocycles. The fraction of sp³-hybridized carbons (Fsp3) is 0.250. The van der Waals surface area contributed by atoms with Gasteiger partial charge in [-0.25, -0.2) is 9.97 Å². The summed E-state index contributed by atoms with van der Waals surface area (Å²) in [5, 5.41) is 2.76. The first-order valence-electron chi connectivity index (χ1n) is 5.40. The number of carbonyl (C=O) groups excluding carboxylic acids is 1. The lowest BCUT2D eigenvalue weighted by atomic mass is 10.2. The van der Waals surface area contributed by atoms with Gasteiger partial charge in [0, 0.05) is 11.9 Å². The van der Waals surface area contributed by atoms with Gasteiger partial charge in [0.25, 0.3) is 5.91 Å². The number of carbonyl (C=O) groups is 1. The molecule has 0 fully saturated rings. The maximum atomic E-state index is 11.9. The number of nitrogens with one attached hydrogen (secondary N) is 1. The van der Waals surface area contributed by atoms with E-state index in [1.807, 2.05) is 26.0 Å². The molecule has 1 amide bonds. The van der Waals surface area contributed by atoms with E-state index in [1.54, 1.807) is 6.08 Å². The van der Waals surface area contributed by atoms with Crippen LogP contribution < -0.4 is 5.32 Å². The molecule has 0 saturated carbocycles. The minimum Gasteiger partial charge on any atom is -0.322 e. The van der Waals surface area contributed by atoms with Gasteiger partial charge in [0.15, 0.2) is 0 Å². The SMILES string of the molecule is C/C=C\C(=C/CC)NC(=O)c1cnc(Cl)nc1Cl. The van der Waals surface area contributed by atoms with E-state index in [9.17, 15) is 4.79 Å². The van der Waals surface area contributed by atoms with Gasteiger partial charge in [-0.1, -0.05) is 30.7 Å². The Balaban J connectivity index is 2.90.